The average Bonchev–Trinajstić information content (AvgIpc) is 3.22. The molecule has 1 atom stereocenters. The molecule has 1 heterocycles. The second-order valence-electron chi connectivity index (χ2n) is 9.59. The number of hydrogen-bond donors (Lipinski definition) is 3. The average molecular weight is 597 g/mol. The summed E-state index contributed by atoms with van der Waals surface area (Å²) in [4.78, 5) is 70.3. The number of esters is 3. The van der Waals surface area contributed by atoms with Crippen LogP contribution in [0.2, 0.25) is 0 Å². The largest absolute Gasteiger partial charge is 1.00 e. The summed E-state index contributed by atoms with van der Waals surface area (Å²) in [6.07, 6.45) is 9.77. The summed E-state index contributed by atoms with van der Waals surface area (Å²) >= 11 is 0. The molecule has 3 rings (SSSR count). The molecule has 3 aliphatic rings. The van der Waals surface area contributed by atoms with Gasteiger partial charge in [-0.25, -0.2) is 4.79 Å². The van der Waals surface area contributed by atoms with E-state index in [4.69, 9.17) is 14.9 Å². The Labute approximate surface area is 264 Å². The van der Waals surface area contributed by atoms with Crippen molar-refractivity contribution in [3.05, 3.63) is 0 Å². The molecule has 1 saturated heterocycles. The first-order valence-corrected chi connectivity index (χ1v) is 13.4. The maximum Gasteiger partial charge on any atom is 1.00 e. The molecular formula is C27H45N2NaO11. The number of ether oxygens (including phenoxy) is 3. The number of methoxy groups -OCH3 is 3. The van der Waals surface area contributed by atoms with Gasteiger partial charge in [0.05, 0.1) is 26.9 Å². The van der Waals surface area contributed by atoms with Crippen LogP contribution in [0.1, 0.15) is 83.5 Å². The van der Waals surface area contributed by atoms with E-state index in [0.29, 0.717) is 25.7 Å². The Morgan fingerprint density at radius 3 is 1.71 bits per heavy atom. The van der Waals surface area contributed by atoms with Crippen LogP contribution in [0, 0.1) is 5.92 Å². The normalized spacial score (nSPS) is 20.1. The monoisotopic (exact) mass is 596 g/mol. The van der Waals surface area contributed by atoms with Gasteiger partial charge < -0.3 is 35.1 Å². The molecule has 1 unspecified atom stereocenters. The quantitative estimate of drug-likeness (QED) is 0.0967. The third-order valence-electron chi connectivity index (χ3n) is 7.20. The van der Waals surface area contributed by atoms with E-state index in [1.807, 2.05) is 0 Å². The van der Waals surface area contributed by atoms with Crippen LogP contribution < -0.4 is 45.3 Å². The summed E-state index contributed by atoms with van der Waals surface area (Å²) in [7, 11) is 5.47. The molecule has 1 spiro atoms. The van der Waals surface area contributed by atoms with E-state index in [0.717, 1.165) is 65.6 Å². The first kappa shape index (κ1) is 41.1. The number of carbonyl (C=O) groups is 6. The molecule has 13 nitrogen and oxygen atoms in total. The summed E-state index contributed by atoms with van der Waals surface area (Å²) in [6.45, 7) is 0. The zero-order valence-corrected chi connectivity index (χ0v) is 27.3. The van der Waals surface area contributed by atoms with Crippen molar-refractivity contribution in [2.75, 3.05) is 35.5 Å². The van der Waals surface area contributed by atoms with Crippen molar-refractivity contribution in [2.45, 2.75) is 94.5 Å². The fraction of sp³-hybridized carbons (Fsp3) is 0.778. The maximum atomic E-state index is 12.3. The number of Topliss-reactive ketones (excluding diaryl/α,β-unsaturated/α-hetero) is 1. The third kappa shape index (κ3) is 12.0. The topological polar surface area (TPSA) is 197 Å². The Bertz CT molecular complexity index is 850. The summed E-state index contributed by atoms with van der Waals surface area (Å²) in [5, 5.41) is 20.7. The van der Waals surface area contributed by atoms with Crippen molar-refractivity contribution in [1.82, 2.24) is 10.6 Å². The maximum absolute atomic E-state index is 12.3. The minimum atomic E-state index is -1.25. The van der Waals surface area contributed by atoms with E-state index in [-0.39, 0.29) is 41.8 Å². The van der Waals surface area contributed by atoms with Gasteiger partial charge in [0.15, 0.2) is 11.7 Å². The van der Waals surface area contributed by atoms with Crippen LogP contribution in [-0.4, -0.2) is 87.2 Å². The predicted molar refractivity (Wildman–Crippen MR) is 140 cm³/mol. The summed E-state index contributed by atoms with van der Waals surface area (Å²) in [5.41, 5.74) is -1.79. The molecule has 0 aromatic carbocycles. The standard InChI is InChI=1S/C13H21NO5.C12H17NO4.CH4O.CH3O.Na/c1-18-11(16)9-10(15)14-13(12(17)19-2)7-5-3-4-6-8-13;1-17-11(16)8-9(14)12(13-10(8)15)6-4-2-3-5-7-12;2*1-2;/h3-9H2,1-2H3,(H,14,15);8H,2-7H2,1H3,(H,13,15);2H,1H3;1H3;/q;;;-1;+1. The number of ketones is 1. The second-order valence-corrected chi connectivity index (χ2v) is 9.59. The van der Waals surface area contributed by atoms with Crippen molar-refractivity contribution >= 4 is 35.5 Å². The molecule has 14 heteroatoms. The molecule has 0 radical (unpaired) electrons. The minimum Gasteiger partial charge on any atom is -0.857 e. The van der Waals surface area contributed by atoms with Gasteiger partial charge in [-0.3, -0.25) is 24.0 Å². The van der Waals surface area contributed by atoms with Gasteiger partial charge in [0.25, 0.3) is 0 Å². The Balaban J connectivity index is 0. The molecular weight excluding hydrogens is 551 g/mol. The van der Waals surface area contributed by atoms with Gasteiger partial charge in [0.2, 0.25) is 11.8 Å². The number of carbonyl (C=O) groups excluding carboxylic acids is 6. The van der Waals surface area contributed by atoms with Crippen LogP contribution in [0.3, 0.4) is 0 Å². The predicted octanol–water partition coefficient (Wildman–Crippen LogP) is -2.91. The fourth-order valence-electron chi connectivity index (χ4n) is 5.22. The molecule has 2 saturated carbocycles. The van der Waals surface area contributed by atoms with Crippen LogP contribution >= 0.6 is 0 Å². The van der Waals surface area contributed by atoms with Crippen molar-refractivity contribution in [2.24, 2.45) is 5.92 Å². The molecule has 0 bridgehead atoms. The molecule has 41 heavy (non-hydrogen) atoms. The van der Waals surface area contributed by atoms with E-state index in [1.54, 1.807) is 0 Å². The number of amides is 2. The minimum absolute atomic E-state index is 0. The molecule has 0 aromatic heterocycles. The van der Waals surface area contributed by atoms with Crippen LogP contribution in [-0.2, 0) is 43.0 Å². The van der Waals surface area contributed by atoms with Gasteiger partial charge in [0.1, 0.15) is 12.0 Å². The zero-order valence-electron chi connectivity index (χ0n) is 25.3. The Morgan fingerprint density at radius 2 is 1.29 bits per heavy atom. The van der Waals surface area contributed by atoms with E-state index in [2.05, 4.69) is 20.1 Å². The molecule has 2 amide bonds. The molecule has 230 valence electrons. The molecule has 0 aromatic rings. The number of nitrogens with one attached hydrogen (secondary N) is 2. The number of rotatable bonds is 5. The van der Waals surface area contributed by atoms with E-state index in [1.165, 1.54) is 21.3 Å². The molecule has 3 N–H and O–H groups in total. The Hall–Kier alpha value is -2.06. The van der Waals surface area contributed by atoms with Crippen LogP contribution in [0.25, 0.3) is 0 Å². The zero-order chi connectivity index (χ0) is 30.8. The van der Waals surface area contributed by atoms with Gasteiger partial charge in [-0.2, -0.15) is 7.11 Å². The summed E-state index contributed by atoms with van der Waals surface area (Å²) in [5.74, 6) is -4.34. The number of aliphatic hydroxyl groups is 1. The van der Waals surface area contributed by atoms with Crippen LogP contribution in [0.5, 0.6) is 0 Å². The van der Waals surface area contributed by atoms with Crippen molar-refractivity contribution in [3.8, 4) is 0 Å². The molecule has 2 aliphatic carbocycles. The number of aliphatic hydroxyl groups excluding tert-OH is 1. The van der Waals surface area contributed by atoms with Gasteiger partial charge in [-0.15, -0.1) is 0 Å². The van der Waals surface area contributed by atoms with Crippen molar-refractivity contribution < 1.29 is 82.7 Å². The Kier molecular flexibility index (Phi) is 21.7. The van der Waals surface area contributed by atoms with E-state index >= 15 is 0 Å². The fourth-order valence-corrected chi connectivity index (χ4v) is 5.22. The number of hydrogen-bond acceptors (Lipinski definition) is 11. The van der Waals surface area contributed by atoms with Crippen LogP contribution in [0.15, 0.2) is 0 Å². The van der Waals surface area contributed by atoms with E-state index in [9.17, 15) is 28.8 Å². The van der Waals surface area contributed by atoms with Crippen molar-refractivity contribution in [1.29, 1.82) is 0 Å². The van der Waals surface area contributed by atoms with Gasteiger partial charge in [0, 0.05) is 7.11 Å². The van der Waals surface area contributed by atoms with Crippen LogP contribution in [0.4, 0.5) is 0 Å². The van der Waals surface area contributed by atoms with Gasteiger partial charge in [-0.05, 0) is 25.7 Å². The molecule has 1 aliphatic heterocycles. The van der Waals surface area contributed by atoms with E-state index < -0.39 is 46.7 Å². The summed E-state index contributed by atoms with van der Waals surface area (Å²) in [6, 6.07) is 0. The third-order valence-corrected chi connectivity index (χ3v) is 7.20. The second kappa shape index (κ2) is 21.6. The van der Waals surface area contributed by atoms with Gasteiger partial charge in [-0.1, -0.05) is 51.4 Å². The first-order valence-electron chi connectivity index (χ1n) is 13.4. The first-order chi connectivity index (χ1) is 19.1. The SMILES string of the molecule is CO.COC(=O)C1C(=O)NC2(CCCCCC2)C1=O.COC(=O)CC(=O)NC1(C(=O)OC)CCCCCC1.C[O-].[Na+]. The van der Waals surface area contributed by atoms with Gasteiger partial charge >= 0.3 is 47.5 Å². The Morgan fingerprint density at radius 1 is 0.829 bits per heavy atom. The summed E-state index contributed by atoms with van der Waals surface area (Å²) < 4.78 is 13.8. The smallest absolute Gasteiger partial charge is 0.857 e. The van der Waals surface area contributed by atoms with Crippen molar-refractivity contribution in [3.63, 3.8) is 0 Å². The molecule has 3 fully saturated rings.